The first-order valence-electron chi connectivity index (χ1n) is 8.88. The van der Waals surface area contributed by atoms with Crippen LogP contribution in [-0.4, -0.2) is 17.0 Å². The van der Waals surface area contributed by atoms with Crippen molar-refractivity contribution in [2.75, 3.05) is 10.6 Å². The summed E-state index contributed by atoms with van der Waals surface area (Å²) in [6, 6.07) is 18.9. The van der Waals surface area contributed by atoms with E-state index in [1.54, 1.807) is 18.3 Å². The minimum Gasteiger partial charge on any atom is -0.489 e. The molecule has 5 heteroatoms. The number of carbonyl (C=O) groups excluding carboxylic acids is 1. The molecule has 0 bridgehead atoms. The Bertz CT molecular complexity index is 921. The van der Waals surface area contributed by atoms with Gasteiger partial charge in [-0.1, -0.05) is 24.3 Å². The molecule has 5 nitrogen and oxygen atoms in total. The number of anilines is 3. The summed E-state index contributed by atoms with van der Waals surface area (Å²) in [6.07, 6.45) is 1.58. The van der Waals surface area contributed by atoms with Gasteiger partial charge in [-0.2, -0.15) is 0 Å². The molecule has 27 heavy (non-hydrogen) atoms. The third-order valence-corrected chi connectivity index (χ3v) is 3.81. The van der Waals surface area contributed by atoms with E-state index >= 15 is 0 Å². The normalized spacial score (nSPS) is 10.5. The lowest BCUT2D eigenvalue weighted by Crippen LogP contribution is -2.14. The number of aryl methyl sites for hydroxylation is 1. The van der Waals surface area contributed by atoms with Crippen LogP contribution in [0.5, 0.6) is 5.75 Å². The summed E-state index contributed by atoms with van der Waals surface area (Å²) in [5.74, 6) is 1.09. The first-order valence-corrected chi connectivity index (χ1v) is 8.88. The molecule has 0 saturated carbocycles. The molecule has 0 radical (unpaired) electrons. The molecule has 0 aliphatic heterocycles. The Morgan fingerprint density at radius 3 is 2.56 bits per heavy atom. The zero-order valence-electron chi connectivity index (χ0n) is 15.7. The first kappa shape index (κ1) is 18.5. The predicted molar refractivity (Wildman–Crippen MR) is 109 cm³/mol. The molecule has 0 aliphatic rings. The summed E-state index contributed by atoms with van der Waals surface area (Å²) in [4.78, 5) is 16.9. The summed E-state index contributed by atoms with van der Waals surface area (Å²) >= 11 is 0. The fourth-order valence-corrected chi connectivity index (χ4v) is 2.59. The number of carbonyl (C=O) groups is 1. The van der Waals surface area contributed by atoms with E-state index in [0.717, 1.165) is 5.69 Å². The second-order valence-corrected chi connectivity index (χ2v) is 6.54. The van der Waals surface area contributed by atoms with Gasteiger partial charge in [0, 0.05) is 11.9 Å². The lowest BCUT2D eigenvalue weighted by molar-refractivity contribution is 0.102. The fourth-order valence-electron chi connectivity index (χ4n) is 2.59. The highest BCUT2D eigenvalue weighted by atomic mass is 16.5. The van der Waals surface area contributed by atoms with E-state index in [1.165, 1.54) is 5.56 Å². The van der Waals surface area contributed by atoms with Crippen molar-refractivity contribution in [1.29, 1.82) is 0 Å². The van der Waals surface area contributed by atoms with E-state index in [9.17, 15) is 4.79 Å². The molecule has 2 aromatic carbocycles. The van der Waals surface area contributed by atoms with Crippen molar-refractivity contribution in [2.24, 2.45) is 0 Å². The number of hydrogen-bond acceptors (Lipinski definition) is 4. The smallest absolute Gasteiger partial charge is 0.257 e. The molecular formula is C22H23N3O2. The van der Waals surface area contributed by atoms with E-state index in [-0.39, 0.29) is 12.0 Å². The number of ether oxygens (including phenoxy) is 1. The van der Waals surface area contributed by atoms with Gasteiger partial charge in [-0.25, -0.2) is 4.98 Å². The van der Waals surface area contributed by atoms with Gasteiger partial charge in [-0.05, 0) is 62.7 Å². The lowest BCUT2D eigenvalue weighted by atomic mass is 10.2. The van der Waals surface area contributed by atoms with Crippen molar-refractivity contribution in [3.8, 4) is 5.75 Å². The van der Waals surface area contributed by atoms with Gasteiger partial charge in [0.1, 0.15) is 11.6 Å². The van der Waals surface area contributed by atoms with Gasteiger partial charge in [-0.3, -0.25) is 4.79 Å². The van der Waals surface area contributed by atoms with Gasteiger partial charge in [0.25, 0.3) is 5.91 Å². The molecule has 0 spiro atoms. The summed E-state index contributed by atoms with van der Waals surface area (Å²) < 4.78 is 5.74. The highest BCUT2D eigenvalue weighted by Crippen LogP contribution is 2.25. The van der Waals surface area contributed by atoms with Crippen LogP contribution in [0.2, 0.25) is 0 Å². The van der Waals surface area contributed by atoms with Crippen LogP contribution in [0, 0.1) is 6.92 Å². The second kappa shape index (κ2) is 8.36. The maximum Gasteiger partial charge on any atom is 0.257 e. The van der Waals surface area contributed by atoms with Gasteiger partial charge in [0.2, 0.25) is 0 Å². The van der Waals surface area contributed by atoms with Crippen LogP contribution in [0.3, 0.4) is 0 Å². The molecule has 1 heterocycles. The Morgan fingerprint density at radius 2 is 1.85 bits per heavy atom. The van der Waals surface area contributed by atoms with E-state index < -0.39 is 0 Å². The predicted octanol–water partition coefficient (Wildman–Crippen LogP) is 5.17. The lowest BCUT2D eigenvalue weighted by Gasteiger charge is -2.14. The standard InChI is InChI=1S/C22H23N3O2/c1-15(2)27-20-10-5-4-9-19(20)25-22(26)17-11-12-21(23-14-17)24-18-8-6-7-16(3)13-18/h4-15H,1-3H3,(H,23,24)(H,25,26). The average Bonchev–Trinajstić information content (AvgIpc) is 2.63. The largest absolute Gasteiger partial charge is 0.489 e. The third kappa shape index (κ3) is 5.07. The number of nitrogens with zero attached hydrogens (tertiary/aromatic N) is 1. The summed E-state index contributed by atoms with van der Waals surface area (Å²) in [5.41, 5.74) is 3.24. The molecule has 0 saturated heterocycles. The van der Waals surface area contributed by atoms with Gasteiger partial charge >= 0.3 is 0 Å². The van der Waals surface area contributed by atoms with Crippen molar-refractivity contribution < 1.29 is 9.53 Å². The Balaban J connectivity index is 1.69. The maximum atomic E-state index is 12.5. The van der Waals surface area contributed by atoms with E-state index in [2.05, 4.69) is 15.6 Å². The molecule has 0 unspecified atom stereocenters. The van der Waals surface area contributed by atoms with E-state index in [0.29, 0.717) is 22.8 Å². The van der Waals surface area contributed by atoms with Crippen LogP contribution in [0.4, 0.5) is 17.2 Å². The van der Waals surface area contributed by atoms with Crippen molar-refractivity contribution in [3.05, 3.63) is 78.0 Å². The average molecular weight is 361 g/mol. The molecule has 0 fully saturated rings. The van der Waals surface area contributed by atoms with Crippen LogP contribution in [-0.2, 0) is 0 Å². The highest BCUT2D eigenvalue weighted by Gasteiger charge is 2.11. The van der Waals surface area contributed by atoms with Gasteiger partial charge in [0.05, 0.1) is 17.4 Å². The van der Waals surface area contributed by atoms with Crippen molar-refractivity contribution in [1.82, 2.24) is 4.98 Å². The Kier molecular flexibility index (Phi) is 5.71. The van der Waals surface area contributed by atoms with Gasteiger partial charge < -0.3 is 15.4 Å². The van der Waals surface area contributed by atoms with Crippen LogP contribution < -0.4 is 15.4 Å². The molecule has 1 amide bonds. The number of hydrogen-bond donors (Lipinski definition) is 2. The molecule has 2 N–H and O–H groups in total. The topological polar surface area (TPSA) is 63.2 Å². The molecule has 0 aliphatic carbocycles. The zero-order chi connectivity index (χ0) is 19.2. The Hall–Kier alpha value is -3.34. The van der Waals surface area contributed by atoms with E-state index in [1.807, 2.05) is 69.3 Å². The minimum absolute atomic E-state index is 0.0247. The van der Waals surface area contributed by atoms with Gasteiger partial charge in [0.15, 0.2) is 0 Å². The number of rotatable bonds is 6. The fraction of sp³-hybridized carbons (Fsp3) is 0.182. The molecule has 3 rings (SSSR count). The molecule has 0 atom stereocenters. The number of nitrogens with one attached hydrogen (secondary N) is 2. The van der Waals surface area contributed by atoms with Crippen LogP contribution in [0.1, 0.15) is 29.8 Å². The minimum atomic E-state index is -0.232. The molecular weight excluding hydrogens is 338 g/mol. The third-order valence-electron chi connectivity index (χ3n) is 3.81. The zero-order valence-corrected chi connectivity index (χ0v) is 15.7. The van der Waals surface area contributed by atoms with Crippen molar-refractivity contribution in [3.63, 3.8) is 0 Å². The number of benzene rings is 2. The highest BCUT2D eigenvalue weighted by molar-refractivity contribution is 6.04. The number of amides is 1. The second-order valence-electron chi connectivity index (χ2n) is 6.54. The van der Waals surface area contributed by atoms with Crippen LogP contribution in [0.15, 0.2) is 66.9 Å². The number of para-hydroxylation sites is 2. The number of pyridine rings is 1. The van der Waals surface area contributed by atoms with Gasteiger partial charge in [-0.15, -0.1) is 0 Å². The molecule has 3 aromatic rings. The summed E-state index contributed by atoms with van der Waals surface area (Å²) in [5, 5.41) is 6.11. The van der Waals surface area contributed by atoms with Crippen molar-refractivity contribution in [2.45, 2.75) is 26.9 Å². The quantitative estimate of drug-likeness (QED) is 0.635. The van der Waals surface area contributed by atoms with Crippen molar-refractivity contribution >= 4 is 23.1 Å². The Morgan fingerprint density at radius 1 is 1.04 bits per heavy atom. The summed E-state index contributed by atoms with van der Waals surface area (Å²) in [6.45, 7) is 5.93. The Labute approximate surface area is 159 Å². The summed E-state index contributed by atoms with van der Waals surface area (Å²) in [7, 11) is 0. The monoisotopic (exact) mass is 361 g/mol. The van der Waals surface area contributed by atoms with E-state index in [4.69, 9.17) is 4.74 Å². The van der Waals surface area contributed by atoms with Crippen LogP contribution >= 0.6 is 0 Å². The number of aromatic nitrogens is 1. The molecule has 138 valence electrons. The van der Waals surface area contributed by atoms with Crippen LogP contribution in [0.25, 0.3) is 0 Å². The maximum absolute atomic E-state index is 12.5. The SMILES string of the molecule is Cc1cccc(Nc2ccc(C(=O)Nc3ccccc3OC(C)C)cn2)c1. The first-order chi connectivity index (χ1) is 13.0. The molecule has 1 aromatic heterocycles.